The summed E-state index contributed by atoms with van der Waals surface area (Å²) in [6.45, 7) is 2.35. The van der Waals surface area contributed by atoms with Crippen molar-refractivity contribution in [2.45, 2.75) is 12.8 Å². The highest BCUT2D eigenvalue weighted by Gasteiger charge is 2.18. The van der Waals surface area contributed by atoms with E-state index in [0.717, 1.165) is 44.1 Å². The van der Waals surface area contributed by atoms with Crippen LogP contribution in [0.2, 0.25) is 0 Å². The zero-order chi connectivity index (χ0) is 14.5. The summed E-state index contributed by atoms with van der Waals surface area (Å²) >= 11 is 0. The summed E-state index contributed by atoms with van der Waals surface area (Å²) in [5, 5.41) is 16.4. The van der Waals surface area contributed by atoms with Crippen LogP contribution in [0.25, 0.3) is 0 Å². The van der Waals surface area contributed by atoms with Crippen molar-refractivity contribution in [1.82, 2.24) is 10.6 Å². The van der Waals surface area contributed by atoms with Crippen LogP contribution in [0, 0.1) is 21.8 Å². The zero-order valence-corrected chi connectivity index (χ0v) is 10.9. The highest BCUT2D eigenvalue weighted by atomic mass is 19.1. The lowest BCUT2D eigenvalue weighted by molar-refractivity contribution is -0.384. The smallest absolute Gasteiger partial charge is 0.270 e. The van der Waals surface area contributed by atoms with Crippen LogP contribution in [-0.4, -0.2) is 30.5 Å². The van der Waals surface area contributed by atoms with Crippen LogP contribution in [-0.2, 0) is 0 Å². The van der Waals surface area contributed by atoms with E-state index < -0.39 is 16.6 Å². The van der Waals surface area contributed by atoms with E-state index in [9.17, 15) is 19.3 Å². The molecule has 1 aliphatic rings. The Bertz CT molecular complexity index is 516. The zero-order valence-electron chi connectivity index (χ0n) is 10.9. The number of carbonyl (C=O) groups is 1. The normalized spacial score (nSPS) is 17.9. The molecule has 1 aromatic carbocycles. The van der Waals surface area contributed by atoms with Gasteiger partial charge in [0, 0.05) is 18.7 Å². The van der Waals surface area contributed by atoms with Crippen LogP contribution in [0.3, 0.4) is 0 Å². The number of halogens is 1. The first kappa shape index (κ1) is 14.4. The summed E-state index contributed by atoms with van der Waals surface area (Å²) in [6.07, 6.45) is 1.89. The van der Waals surface area contributed by atoms with Gasteiger partial charge in [0.15, 0.2) is 0 Å². The summed E-state index contributed by atoms with van der Waals surface area (Å²) in [6, 6.07) is 2.94. The van der Waals surface area contributed by atoms with Crippen molar-refractivity contribution in [3.05, 3.63) is 39.7 Å². The van der Waals surface area contributed by atoms with Crippen molar-refractivity contribution >= 4 is 11.6 Å². The third-order valence-corrected chi connectivity index (χ3v) is 3.41. The van der Waals surface area contributed by atoms with E-state index in [1.54, 1.807) is 0 Å². The van der Waals surface area contributed by atoms with E-state index in [-0.39, 0.29) is 11.3 Å². The molecule has 0 spiro atoms. The summed E-state index contributed by atoms with van der Waals surface area (Å²) in [7, 11) is 0. The van der Waals surface area contributed by atoms with Gasteiger partial charge in [0.2, 0.25) is 0 Å². The van der Waals surface area contributed by atoms with Gasteiger partial charge in [-0.1, -0.05) is 0 Å². The summed E-state index contributed by atoms with van der Waals surface area (Å²) in [5.41, 5.74) is -0.583. The van der Waals surface area contributed by atoms with Crippen molar-refractivity contribution in [2.24, 2.45) is 5.92 Å². The summed E-state index contributed by atoms with van der Waals surface area (Å²) in [4.78, 5) is 21.8. The van der Waals surface area contributed by atoms with E-state index in [4.69, 9.17) is 0 Å². The summed E-state index contributed by atoms with van der Waals surface area (Å²) < 4.78 is 13.5. The first-order valence-electron chi connectivity index (χ1n) is 6.51. The van der Waals surface area contributed by atoms with Gasteiger partial charge in [-0.25, -0.2) is 4.39 Å². The molecular weight excluding hydrogens is 265 g/mol. The van der Waals surface area contributed by atoms with Gasteiger partial charge in [0.05, 0.1) is 10.5 Å². The number of hydrogen-bond donors (Lipinski definition) is 2. The molecular formula is C13H16FN3O3. The molecule has 0 aromatic heterocycles. The van der Waals surface area contributed by atoms with Gasteiger partial charge >= 0.3 is 0 Å². The quantitative estimate of drug-likeness (QED) is 0.632. The van der Waals surface area contributed by atoms with E-state index in [1.807, 2.05) is 0 Å². The number of nitrogens with zero attached hydrogens (tertiary/aromatic N) is 1. The molecule has 108 valence electrons. The van der Waals surface area contributed by atoms with Crippen molar-refractivity contribution in [3.8, 4) is 0 Å². The van der Waals surface area contributed by atoms with Crippen molar-refractivity contribution < 1.29 is 14.1 Å². The molecule has 1 heterocycles. The number of nitrogens with one attached hydrogen (secondary N) is 2. The van der Waals surface area contributed by atoms with Gasteiger partial charge in [0.25, 0.3) is 11.6 Å². The predicted octanol–water partition coefficient (Wildman–Crippen LogP) is 1.46. The molecule has 2 N–H and O–H groups in total. The lowest BCUT2D eigenvalue weighted by atomic mass is 10.1. The van der Waals surface area contributed by atoms with Crippen LogP contribution in [0.4, 0.5) is 10.1 Å². The van der Waals surface area contributed by atoms with Crippen LogP contribution in [0.1, 0.15) is 23.2 Å². The van der Waals surface area contributed by atoms with Crippen molar-refractivity contribution in [3.63, 3.8) is 0 Å². The van der Waals surface area contributed by atoms with Gasteiger partial charge in [-0.15, -0.1) is 0 Å². The van der Waals surface area contributed by atoms with Crippen molar-refractivity contribution in [2.75, 3.05) is 19.6 Å². The largest absolute Gasteiger partial charge is 0.352 e. The Hall–Kier alpha value is -2.02. The van der Waals surface area contributed by atoms with E-state index in [0.29, 0.717) is 12.5 Å². The molecule has 0 bridgehead atoms. The van der Waals surface area contributed by atoms with Gasteiger partial charge in [-0.05, 0) is 37.9 Å². The molecule has 1 aliphatic heterocycles. The third-order valence-electron chi connectivity index (χ3n) is 3.41. The highest BCUT2D eigenvalue weighted by molar-refractivity contribution is 5.95. The minimum Gasteiger partial charge on any atom is -0.352 e. The topological polar surface area (TPSA) is 84.3 Å². The molecule has 1 atom stereocenters. The van der Waals surface area contributed by atoms with Crippen LogP contribution < -0.4 is 10.6 Å². The van der Waals surface area contributed by atoms with Gasteiger partial charge in [0.1, 0.15) is 5.82 Å². The molecule has 0 aliphatic carbocycles. The van der Waals surface area contributed by atoms with E-state index in [1.165, 1.54) is 0 Å². The van der Waals surface area contributed by atoms with Crippen LogP contribution in [0.5, 0.6) is 0 Å². The average molecular weight is 281 g/mol. The second-order valence-electron chi connectivity index (χ2n) is 4.82. The Kier molecular flexibility index (Phi) is 4.62. The summed E-state index contributed by atoms with van der Waals surface area (Å²) in [5.74, 6) is -0.849. The third kappa shape index (κ3) is 3.51. The molecule has 6 nitrogen and oxygen atoms in total. The Morgan fingerprint density at radius 1 is 1.55 bits per heavy atom. The fourth-order valence-electron chi connectivity index (χ4n) is 2.25. The monoisotopic (exact) mass is 281 g/mol. The average Bonchev–Trinajstić information content (AvgIpc) is 2.92. The Morgan fingerprint density at radius 3 is 3.00 bits per heavy atom. The molecule has 0 radical (unpaired) electrons. The van der Waals surface area contributed by atoms with E-state index >= 15 is 0 Å². The minimum absolute atomic E-state index is 0.288. The first-order valence-corrected chi connectivity index (χ1v) is 6.51. The number of benzene rings is 1. The fraction of sp³-hybridized carbons (Fsp3) is 0.462. The minimum atomic E-state index is -0.754. The van der Waals surface area contributed by atoms with E-state index in [2.05, 4.69) is 10.6 Å². The molecule has 0 saturated carbocycles. The number of hydrogen-bond acceptors (Lipinski definition) is 4. The van der Waals surface area contributed by atoms with Crippen LogP contribution in [0.15, 0.2) is 18.2 Å². The number of nitro benzene ring substituents is 1. The maximum atomic E-state index is 13.5. The maximum Gasteiger partial charge on any atom is 0.270 e. The SMILES string of the molecule is O=C(NCCC1CCNC1)c1cc([N+](=O)[O-])ccc1F. The number of nitro groups is 1. The molecule has 2 rings (SSSR count). The second-order valence-corrected chi connectivity index (χ2v) is 4.82. The number of amides is 1. The Balaban J connectivity index is 1.94. The fourth-order valence-corrected chi connectivity index (χ4v) is 2.25. The predicted molar refractivity (Wildman–Crippen MR) is 71.0 cm³/mol. The number of rotatable bonds is 5. The second kappa shape index (κ2) is 6.42. The Morgan fingerprint density at radius 2 is 2.35 bits per heavy atom. The molecule has 7 heteroatoms. The molecule has 1 fully saturated rings. The van der Waals surface area contributed by atoms with Crippen molar-refractivity contribution in [1.29, 1.82) is 0 Å². The highest BCUT2D eigenvalue weighted by Crippen LogP contribution is 2.17. The van der Waals surface area contributed by atoms with Gasteiger partial charge < -0.3 is 10.6 Å². The lowest BCUT2D eigenvalue weighted by Gasteiger charge is -2.09. The first-order chi connectivity index (χ1) is 9.58. The molecule has 20 heavy (non-hydrogen) atoms. The standard InChI is InChI=1S/C13H16FN3O3/c14-12-2-1-10(17(19)20)7-11(12)13(18)16-6-4-9-3-5-15-8-9/h1-2,7,9,15H,3-6,8H2,(H,16,18). The van der Waals surface area contributed by atoms with Gasteiger partial charge in [-0.3, -0.25) is 14.9 Å². The number of non-ortho nitro benzene ring substituents is 1. The molecule has 1 saturated heterocycles. The maximum absolute atomic E-state index is 13.5. The molecule has 1 amide bonds. The van der Waals surface area contributed by atoms with Gasteiger partial charge in [-0.2, -0.15) is 0 Å². The molecule has 1 unspecified atom stereocenters. The number of carbonyl (C=O) groups excluding carboxylic acids is 1. The molecule has 1 aromatic rings. The Labute approximate surface area is 115 Å². The lowest BCUT2D eigenvalue weighted by Crippen LogP contribution is -2.27. The van der Waals surface area contributed by atoms with Crippen LogP contribution >= 0.6 is 0 Å².